The van der Waals surface area contributed by atoms with Crippen molar-refractivity contribution in [3.8, 4) is 5.75 Å². The molecule has 47 heavy (non-hydrogen) atoms. The largest absolute Gasteiger partial charge is 0.508 e. The van der Waals surface area contributed by atoms with E-state index in [0.29, 0.717) is 36.9 Å². The fourth-order valence-electron chi connectivity index (χ4n) is 4.34. The summed E-state index contributed by atoms with van der Waals surface area (Å²) in [4.78, 5) is 45.2. The third-order valence-electron chi connectivity index (χ3n) is 6.91. The van der Waals surface area contributed by atoms with Gasteiger partial charge in [0.15, 0.2) is 11.2 Å². The molecule has 0 bridgehead atoms. The van der Waals surface area contributed by atoms with Gasteiger partial charge in [-0.3, -0.25) is 29.0 Å². The molecule has 13 nitrogen and oxygen atoms in total. The van der Waals surface area contributed by atoms with Gasteiger partial charge in [0.25, 0.3) is 5.56 Å². The first-order valence-electron chi connectivity index (χ1n) is 15.8. The highest BCUT2D eigenvalue weighted by Crippen LogP contribution is 2.38. The summed E-state index contributed by atoms with van der Waals surface area (Å²) >= 11 is 3.23. The second-order valence-corrected chi connectivity index (χ2v) is 12.9. The number of nitrogen functional groups attached to an aromatic ring is 1. The van der Waals surface area contributed by atoms with Crippen molar-refractivity contribution in [2.45, 2.75) is 78.7 Å². The summed E-state index contributed by atoms with van der Waals surface area (Å²) in [6.07, 6.45) is 10.0. The van der Waals surface area contributed by atoms with E-state index in [1.54, 1.807) is 42.9 Å². The highest BCUT2D eigenvalue weighted by atomic mass is 79.9. The van der Waals surface area contributed by atoms with Crippen LogP contribution in [0.2, 0.25) is 0 Å². The molecule has 0 radical (unpaired) electrons. The van der Waals surface area contributed by atoms with Crippen LogP contribution in [0.5, 0.6) is 5.75 Å². The molecule has 2 unspecified atom stereocenters. The van der Waals surface area contributed by atoms with E-state index in [1.807, 2.05) is 13.1 Å². The van der Waals surface area contributed by atoms with Crippen LogP contribution in [0.4, 0.5) is 5.95 Å². The molecule has 2 aromatic heterocycles. The maximum Gasteiger partial charge on any atom is 0.323 e. The zero-order valence-electron chi connectivity index (χ0n) is 27.8. The number of rotatable bonds is 15. The molecule has 1 aliphatic carbocycles. The van der Waals surface area contributed by atoms with Gasteiger partial charge in [0, 0.05) is 30.1 Å². The predicted molar refractivity (Wildman–Crippen MR) is 189 cm³/mol. The number of anilines is 1. The first-order valence-corrected chi connectivity index (χ1v) is 17.5. The van der Waals surface area contributed by atoms with Crippen LogP contribution in [0.1, 0.15) is 72.6 Å². The summed E-state index contributed by atoms with van der Waals surface area (Å²) in [5, 5.41) is 11.7. The van der Waals surface area contributed by atoms with E-state index < -0.39 is 0 Å². The molecule has 15 heteroatoms. The number of phenols is 1. The van der Waals surface area contributed by atoms with Crippen molar-refractivity contribution in [2.75, 3.05) is 26.1 Å². The number of nitrogens with two attached hydrogens (primary N) is 1. The number of benzene rings is 1. The highest BCUT2D eigenvalue weighted by molar-refractivity contribution is 9.10. The molecule has 0 spiro atoms. The smallest absolute Gasteiger partial charge is 0.323 e. The fourth-order valence-corrected chi connectivity index (χ4v) is 5.01. The number of ether oxygens (including phenoxy) is 2. The van der Waals surface area contributed by atoms with Crippen LogP contribution in [-0.2, 0) is 23.6 Å². The van der Waals surface area contributed by atoms with Crippen molar-refractivity contribution in [3.63, 3.8) is 0 Å². The highest BCUT2D eigenvalue weighted by Gasteiger charge is 2.31. The van der Waals surface area contributed by atoms with Crippen LogP contribution in [0.3, 0.4) is 0 Å². The van der Waals surface area contributed by atoms with Gasteiger partial charge >= 0.3 is 11.9 Å². The van der Waals surface area contributed by atoms with Gasteiger partial charge in [0.05, 0.1) is 22.2 Å². The number of phenolic OH excluding ortho intramolecular Hbond substituents is 1. The van der Waals surface area contributed by atoms with Gasteiger partial charge in [-0.25, -0.2) is 4.98 Å². The Labute approximate surface area is 286 Å². The van der Waals surface area contributed by atoms with E-state index in [0.717, 1.165) is 48.6 Å². The molecule has 4 rings (SSSR count). The number of esters is 2. The molecule has 5 N–H and O–H groups in total. The number of nitrogens with zero attached hydrogens (tertiary/aromatic N) is 3. The Morgan fingerprint density at radius 2 is 1.87 bits per heavy atom. The normalized spacial score (nSPS) is 15.2. The summed E-state index contributed by atoms with van der Waals surface area (Å²) in [6, 6.07) is 6.54. The fraction of sp³-hybridized carbons (Fsp3) is 0.531. The Bertz CT molecular complexity index is 1450. The molecule has 1 saturated carbocycles. The molecule has 1 aromatic carbocycles. The van der Waals surface area contributed by atoms with Crippen molar-refractivity contribution in [1.29, 1.82) is 0 Å². The number of aromatic nitrogens is 4. The summed E-state index contributed by atoms with van der Waals surface area (Å²) in [6.45, 7) is 9.00. The van der Waals surface area contributed by atoms with E-state index in [1.165, 1.54) is 6.33 Å². The number of H-pyrrole nitrogens is 1. The molecule has 0 saturated heterocycles. The van der Waals surface area contributed by atoms with Crippen molar-refractivity contribution >= 4 is 60.1 Å². The predicted octanol–water partition coefficient (Wildman–Crippen LogP) is 5.94. The number of aromatic hydroxyl groups is 1. The minimum Gasteiger partial charge on any atom is -0.508 e. The van der Waals surface area contributed by atoms with E-state index in [4.69, 9.17) is 24.8 Å². The average molecular weight is 740 g/mol. The molecule has 0 aliphatic heterocycles. The van der Waals surface area contributed by atoms with E-state index in [-0.39, 0.29) is 49.9 Å². The van der Waals surface area contributed by atoms with Crippen LogP contribution in [-0.4, -0.2) is 62.9 Å². The quantitative estimate of drug-likeness (QED) is 0.107. The van der Waals surface area contributed by atoms with Crippen LogP contribution in [0.15, 0.2) is 45.4 Å². The topological polar surface area (TPSA) is 184 Å². The lowest BCUT2D eigenvalue weighted by molar-refractivity contribution is -0.147. The minimum atomic E-state index is -0.361. The number of aromatic amines is 1. The van der Waals surface area contributed by atoms with Gasteiger partial charge in [-0.05, 0) is 68.4 Å². The Kier molecular flexibility index (Phi) is 18.3. The standard InChI is InChI=1S/C14H17N5O3.C12H26NO3P.C6H5BrO/c1-2-3-10(20)22-6-9-4-8(9)5-19-7-16-11-12(19)17-14(15)18-13(11)21;1-5-7-11(8-6-2)9-16-12(14)10(3)13-17-15-4;7-5-1-3-6(8)4-2-5/h5,7,9H,2-4,6H2,1H3,(H3,15,17,18,21);10-11,13,17H,5-9H2,1-4H3;1-4,8H/b8-5-;;/t;10-;/m.0./s1. The second kappa shape index (κ2) is 21.5. The van der Waals surface area contributed by atoms with E-state index >= 15 is 0 Å². The first-order chi connectivity index (χ1) is 22.5. The number of carbonyl (C=O) groups excluding carboxylic acids is 2. The number of fused-ring (bicyclic) bond motifs is 1. The number of nitrogens with one attached hydrogen (secondary N) is 2. The third-order valence-corrected chi connectivity index (χ3v) is 8.20. The van der Waals surface area contributed by atoms with Crippen molar-refractivity contribution in [3.05, 3.63) is 51.0 Å². The molecular formula is C32H48BrN6O7P. The Hall–Kier alpha value is -3.32. The average Bonchev–Trinajstić information content (AvgIpc) is 3.67. The van der Waals surface area contributed by atoms with Crippen LogP contribution in [0.25, 0.3) is 17.4 Å². The van der Waals surface area contributed by atoms with Gasteiger partial charge in [0.2, 0.25) is 5.95 Å². The third kappa shape index (κ3) is 15.0. The molecule has 260 valence electrons. The molecule has 1 fully saturated rings. The Morgan fingerprint density at radius 3 is 2.47 bits per heavy atom. The number of imidazole rings is 1. The lowest BCUT2D eigenvalue weighted by Gasteiger charge is -2.17. The zero-order chi connectivity index (χ0) is 34.8. The second-order valence-electron chi connectivity index (χ2n) is 11.0. The molecule has 1 aliphatic rings. The first kappa shape index (κ1) is 39.9. The lowest BCUT2D eigenvalue weighted by Crippen LogP contribution is -2.31. The van der Waals surface area contributed by atoms with Gasteiger partial charge in [-0.1, -0.05) is 49.5 Å². The molecule has 0 amide bonds. The van der Waals surface area contributed by atoms with Crippen LogP contribution >= 0.6 is 24.9 Å². The monoisotopic (exact) mass is 738 g/mol. The van der Waals surface area contributed by atoms with E-state index in [9.17, 15) is 14.4 Å². The Morgan fingerprint density at radius 1 is 1.19 bits per heavy atom. The summed E-state index contributed by atoms with van der Waals surface area (Å²) < 4.78 is 18.0. The lowest BCUT2D eigenvalue weighted by atomic mass is 9.99. The molecule has 2 heterocycles. The Balaban J connectivity index is 0.000000272. The molecule has 3 aromatic rings. The van der Waals surface area contributed by atoms with Gasteiger partial charge < -0.3 is 24.8 Å². The van der Waals surface area contributed by atoms with Crippen molar-refractivity contribution in [1.82, 2.24) is 24.6 Å². The van der Waals surface area contributed by atoms with Crippen molar-refractivity contribution in [2.24, 2.45) is 11.8 Å². The number of carbonyl (C=O) groups is 2. The molecule has 3 atom stereocenters. The SMILES string of the molecule is CCCC(=O)OCC1C/C1=C/n1cnc2c(=O)[nH]c(N)nc21.CCCC(CCC)COC(=O)[C@H](C)NPOC.Oc1ccc(Br)cc1. The van der Waals surface area contributed by atoms with Gasteiger partial charge in [-0.2, -0.15) is 4.98 Å². The summed E-state index contributed by atoms with van der Waals surface area (Å²) in [5.41, 5.74) is 6.98. The maximum atomic E-state index is 11.7. The zero-order valence-corrected chi connectivity index (χ0v) is 30.3. The number of hydrogen-bond acceptors (Lipinski definition) is 11. The van der Waals surface area contributed by atoms with Gasteiger partial charge in [-0.15, -0.1) is 0 Å². The van der Waals surface area contributed by atoms with E-state index in [2.05, 4.69) is 49.8 Å². The minimum absolute atomic E-state index is 0.0542. The number of halogens is 1. The van der Waals surface area contributed by atoms with Crippen molar-refractivity contribution < 1.29 is 28.7 Å². The van der Waals surface area contributed by atoms with Crippen LogP contribution < -0.4 is 16.4 Å². The van der Waals surface area contributed by atoms with Crippen LogP contribution in [0, 0.1) is 11.8 Å². The number of hydrogen-bond donors (Lipinski definition) is 4. The summed E-state index contributed by atoms with van der Waals surface area (Å²) in [7, 11) is 1.74. The van der Waals surface area contributed by atoms with Gasteiger partial charge in [0.1, 0.15) is 18.1 Å². The summed E-state index contributed by atoms with van der Waals surface area (Å²) in [5.74, 6) is 0.741. The maximum absolute atomic E-state index is 11.7. The molecular weight excluding hydrogens is 691 g/mol.